The minimum atomic E-state index is 0.473. The molecule has 1 fully saturated rings. The van der Waals surface area contributed by atoms with Gasteiger partial charge in [-0.05, 0) is 22.6 Å². The molecule has 1 aromatic carbocycles. The smallest absolute Gasteiger partial charge is 0.191 e. The fourth-order valence-corrected chi connectivity index (χ4v) is 3.97. The Bertz CT molecular complexity index is 711. The van der Waals surface area contributed by atoms with Crippen LogP contribution in [0.5, 0.6) is 0 Å². The Labute approximate surface area is 166 Å². The van der Waals surface area contributed by atoms with Crippen LogP contribution in [0.15, 0.2) is 46.8 Å². The van der Waals surface area contributed by atoms with Crippen molar-refractivity contribution >= 4 is 17.3 Å². The fourth-order valence-electron chi connectivity index (χ4n) is 3.18. The third-order valence-electron chi connectivity index (χ3n) is 4.79. The van der Waals surface area contributed by atoms with Crippen molar-refractivity contribution in [2.45, 2.75) is 25.9 Å². The maximum atomic E-state index is 5.43. The third kappa shape index (κ3) is 6.34. The first-order chi connectivity index (χ1) is 13.2. The summed E-state index contributed by atoms with van der Waals surface area (Å²) in [6.45, 7) is 8.58. The van der Waals surface area contributed by atoms with Gasteiger partial charge in [-0.15, -0.1) is 11.3 Å². The molecular formula is C21H30N4OS. The van der Waals surface area contributed by atoms with Gasteiger partial charge in [0, 0.05) is 50.6 Å². The topological polar surface area (TPSA) is 48.9 Å². The van der Waals surface area contributed by atoms with Crippen LogP contribution < -0.4 is 10.6 Å². The number of hydrogen-bond donors (Lipinski definition) is 2. The zero-order chi connectivity index (χ0) is 18.9. The van der Waals surface area contributed by atoms with Crippen molar-refractivity contribution < 1.29 is 4.74 Å². The number of hydrogen-bond acceptors (Lipinski definition) is 4. The van der Waals surface area contributed by atoms with E-state index in [9.17, 15) is 0 Å². The molecule has 2 N–H and O–H groups in total. The SMILES string of the molecule is CN=C(NCc1cccc(CN2CCOCC2)c1)NCC(C)c1cccs1. The van der Waals surface area contributed by atoms with Gasteiger partial charge in [-0.25, -0.2) is 0 Å². The van der Waals surface area contributed by atoms with Crippen LogP contribution in [0.2, 0.25) is 0 Å². The molecule has 0 spiro atoms. The molecule has 1 saturated heterocycles. The van der Waals surface area contributed by atoms with E-state index in [-0.39, 0.29) is 0 Å². The van der Waals surface area contributed by atoms with E-state index in [0.29, 0.717) is 5.92 Å². The minimum absolute atomic E-state index is 0.473. The van der Waals surface area contributed by atoms with Gasteiger partial charge in [0.2, 0.25) is 0 Å². The Balaban J connectivity index is 1.47. The number of rotatable bonds is 7. The molecule has 0 aliphatic carbocycles. The molecule has 1 atom stereocenters. The molecule has 2 heterocycles. The Morgan fingerprint density at radius 3 is 2.74 bits per heavy atom. The molecule has 1 aliphatic heterocycles. The zero-order valence-corrected chi connectivity index (χ0v) is 17.1. The average Bonchev–Trinajstić information content (AvgIpc) is 3.24. The summed E-state index contributed by atoms with van der Waals surface area (Å²) >= 11 is 1.80. The van der Waals surface area contributed by atoms with Gasteiger partial charge in [0.05, 0.1) is 13.2 Å². The number of benzene rings is 1. The summed E-state index contributed by atoms with van der Waals surface area (Å²) in [5.41, 5.74) is 2.63. The van der Waals surface area contributed by atoms with Crippen LogP contribution in [-0.2, 0) is 17.8 Å². The standard InChI is InChI=1S/C21H30N4OS/c1-17(20-7-4-12-27-20)14-23-21(22-2)24-15-18-5-3-6-19(13-18)16-25-8-10-26-11-9-25/h3-7,12-13,17H,8-11,14-16H2,1-2H3,(H2,22,23,24). The van der Waals surface area contributed by atoms with Crippen molar-refractivity contribution in [2.24, 2.45) is 4.99 Å². The predicted molar refractivity (Wildman–Crippen MR) is 113 cm³/mol. The molecule has 0 saturated carbocycles. The van der Waals surface area contributed by atoms with Gasteiger partial charge in [0.1, 0.15) is 0 Å². The molecule has 1 aliphatic rings. The summed E-state index contributed by atoms with van der Waals surface area (Å²) in [6, 6.07) is 13.1. The maximum Gasteiger partial charge on any atom is 0.191 e. The van der Waals surface area contributed by atoms with E-state index in [0.717, 1.165) is 51.9 Å². The summed E-state index contributed by atoms with van der Waals surface area (Å²) in [6.07, 6.45) is 0. The number of thiophene rings is 1. The largest absolute Gasteiger partial charge is 0.379 e. The van der Waals surface area contributed by atoms with Gasteiger partial charge in [0.25, 0.3) is 0 Å². The molecular weight excluding hydrogens is 356 g/mol. The van der Waals surface area contributed by atoms with Crippen LogP contribution in [-0.4, -0.2) is 50.8 Å². The predicted octanol–water partition coefficient (Wildman–Crippen LogP) is 3.05. The van der Waals surface area contributed by atoms with E-state index in [4.69, 9.17) is 4.74 Å². The summed E-state index contributed by atoms with van der Waals surface area (Å²) in [5, 5.41) is 8.99. The molecule has 1 unspecified atom stereocenters. The third-order valence-corrected chi connectivity index (χ3v) is 5.89. The Morgan fingerprint density at radius 2 is 2.00 bits per heavy atom. The molecule has 3 rings (SSSR count). The van der Waals surface area contributed by atoms with Crippen molar-refractivity contribution in [3.05, 3.63) is 57.8 Å². The van der Waals surface area contributed by atoms with Crippen LogP contribution in [0.4, 0.5) is 0 Å². The average molecular weight is 387 g/mol. The Hall–Kier alpha value is -1.89. The van der Waals surface area contributed by atoms with Crippen molar-refractivity contribution in [1.82, 2.24) is 15.5 Å². The highest BCUT2D eigenvalue weighted by atomic mass is 32.1. The quantitative estimate of drug-likeness (QED) is 0.567. The van der Waals surface area contributed by atoms with Crippen LogP contribution in [0.3, 0.4) is 0 Å². The van der Waals surface area contributed by atoms with Gasteiger partial charge in [-0.3, -0.25) is 9.89 Å². The van der Waals surface area contributed by atoms with Crippen molar-refractivity contribution in [3.8, 4) is 0 Å². The molecule has 6 heteroatoms. The first-order valence-corrected chi connectivity index (χ1v) is 10.5. The number of guanidine groups is 1. The van der Waals surface area contributed by atoms with E-state index in [1.165, 1.54) is 16.0 Å². The Kier molecular flexibility index (Phi) is 7.68. The highest BCUT2D eigenvalue weighted by molar-refractivity contribution is 7.10. The number of aliphatic imine (C=N–C) groups is 1. The van der Waals surface area contributed by atoms with Gasteiger partial charge >= 0.3 is 0 Å². The van der Waals surface area contributed by atoms with Crippen LogP contribution in [0.1, 0.15) is 28.8 Å². The fraction of sp³-hybridized carbons (Fsp3) is 0.476. The molecule has 0 bridgehead atoms. The lowest BCUT2D eigenvalue weighted by atomic mass is 10.1. The van der Waals surface area contributed by atoms with Crippen LogP contribution in [0.25, 0.3) is 0 Å². The number of nitrogens with one attached hydrogen (secondary N) is 2. The first kappa shape index (κ1) is 19.9. The first-order valence-electron chi connectivity index (χ1n) is 9.60. The van der Waals surface area contributed by atoms with E-state index in [1.54, 1.807) is 11.3 Å². The van der Waals surface area contributed by atoms with Gasteiger partial charge in [-0.2, -0.15) is 0 Å². The van der Waals surface area contributed by atoms with Crippen LogP contribution in [0, 0.1) is 0 Å². The second-order valence-electron chi connectivity index (χ2n) is 6.93. The summed E-state index contributed by atoms with van der Waals surface area (Å²) in [5.74, 6) is 1.32. The summed E-state index contributed by atoms with van der Waals surface area (Å²) in [4.78, 5) is 8.19. The maximum absolute atomic E-state index is 5.43. The van der Waals surface area contributed by atoms with Gasteiger partial charge < -0.3 is 15.4 Å². The monoisotopic (exact) mass is 386 g/mol. The van der Waals surface area contributed by atoms with Crippen molar-refractivity contribution in [2.75, 3.05) is 39.9 Å². The van der Waals surface area contributed by atoms with Crippen molar-refractivity contribution in [1.29, 1.82) is 0 Å². The second-order valence-corrected chi connectivity index (χ2v) is 7.91. The van der Waals surface area contributed by atoms with Gasteiger partial charge in [0.15, 0.2) is 5.96 Å². The highest BCUT2D eigenvalue weighted by Gasteiger charge is 2.11. The summed E-state index contributed by atoms with van der Waals surface area (Å²) in [7, 11) is 1.82. The normalized spacial score (nSPS) is 16.9. The lowest BCUT2D eigenvalue weighted by Crippen LogP contribution is -2.38. The molecule has 146 valence electrons. The van der Waals surface area contributed by atoms with Crippen molar-refractivity contribution in [3.63, 3.8) is 0 Å². The Morgan fingerprint density at radius 1 is 1.19 bits per heavy atom. The highest BCUT2D eigenvalue weighted by Crippen LogP contribution is 2.19. The van der Waals surface area contributed by atoms with E-state index >= 15 is 0 Å². The second kappa shape index (κ2) is 10.4. The molecule has 27 heavy (non-hydrogen) atoms. The van der Waals surface area contributed by atoms with E-state index < -0.39 is 0 Å². The number of nitrogens with zero attached hydrogens (tertiary/aromatic N) is 2. The molecule has 2 aromatic rings. The minimum Gasteiger partial charge on any atom is -0.379 e. The van der Waals surface area contributed by atoms with Crippen LogP contribution >= 0.6 is 11.3 Å². The lowest BCUT2D eigenvalue weighted by molar-refractivity contribution is 0.0342. The van der Waals surface area contributed by atoms with Gasteiger partial charge in [-0.1, -0.05) is 37.3 Å². The van der Waals surface area contributed by atoms with E-state index in [2.05, 4.69) is 69.2 Å². The molecule has 0 radical (unpaired) electrons. The van der Waals surface area contributed by atoms with E-state index in [1.807, 2.05) is 7.05 Å². The number of ether oxygens (including phenoxy) is 1. The summed E-state index contributed by atoms with van der Waals surface area (Å²) < 4.78 is 5.43. The number of morpholine rings is 1. The molecule has 5 nitrogen and oxygen atoms in total. The zero-order valence-electron chi connectivity index (χ0n) is 16.3. The lowest BCUT2D eigenvalue weighted by Gasteiger charge is -2.26. The molecule has 1 aromatic heterocycles. The molecule has 0 amide bonds.